The SMILES string of the molecule is O=C(NC1CCN(c2ccnc3ccsc23)CC1)c1cccnc1. The fourth-order valence-corrected chi connectivity index (χ4v) is 4.03. The summed E-state index contributed by atoms with van der Waals surface area (Å²) in [5, 5.41) is 5.21. The quantitative estimate of drug-likeness (QED) is 0.797. The summed E-state index contributed by atoms with van der Waals surface area (Å²) in [7, 11) is 0. The minimum Gasteiger partial charge on any atom is -0.370 e. The fourth-order valence-electron chi connectivity index (χ4n) is 3.14. The van der Waals surface area contributed by atoms with E-state index in [1.165, 1.54) is 10.4 Å². The lowest BCUT2D eigenvalue weighted by atomic mass is 10.0. The maximum absolute atomic E-state index is 12.2. The molecule has 5 nitrogen and oxygen atoms in total. The van der Waals surface area contributed by atoms with Crippen molar-refractivity contribution in [2.24, 2.45) is 0 Å². The number of pyridine rings is 2. The van der Waals surface area contributed by atoms with Crippen LogP contribution in [-0.2, 0) is 0 Å². The number of nitrogens with zero attached hydrogens (tertiary/aromatic N) is 3. The highest BCUT2D eigenvalue weighted by atomic mass is 32.1. The van der Waals surface area contributed by atoms with Crippen molar-refractivity contribution >= 4 is 33.1 Å². The summed E-state index contributed by atoms with van der Waals surface area (Å²) in [5.41, 5.74) is 2.94. The van der Waals surface area contributed by atoms with E-state index in [-0.39, 0.29) is 11.9 Å². The molecule has 4 heterocycles. The molecule has 1 saturated heterocycles. The molecular formula is C18H18N4OS. The Morgan fingerprint density at radius 2 is 2.08 bits per heavy atom. The number of fused-ring (bicyclic) bond motifs is 1. The summed E-state index contributed by atoms with van der Waals surface area (Å²) in [6.07, 6.45) is 7.05. The lowest BCUT2D eigenvalue weighted by Crippen LogP contribution is -2.44. The van der Waals surface area contributed by atoms with Crippen LogP contribution < -0.4 is 10.2 Å². The molecule has 1 amide bonds. The van der Waals surface area contributed by atoms with E-state index in [0.29, 0.717) is 5.56 Å². The Bertz CT molecular complexity index is 840. The van der Waals surface area contributed by atoms with Gasteiger partial charge < -0.3 is 10.2 Å². The number of nitrogens with one attached hydrogen (secondary N) is 1. The summed E-state index contributed by atoms with van der Waals surface area (Å²) in [6, 6.07) is 7.95. The van der Waals surface area contributed by atoms with E-state index < -0.39 is 0 Å². The van der Waals surface area contributed by atoms with Crippen LogP contribution in [0.25, 0.3) is 10.2 Å². The third-order valence-electron chi connectivity index (χ3n) is 4.42. The van der Waals surface area contributed by atoms with Gasteiger partial charge in [0.25, 0.3) is 5.91 Å². The van der Waals surface area contributed by atoms with Gasteiger partial charge in [0, 0.05) is 37.7 Å². The molecule has 0 unspecified atom stereocenters. The van der Waals surface area contributed by atoms with Crippen LogP contribution in [0.15, 0.2) is 48.2 Å². The van der Waals surface area contributed by atoms with E-state index >= 15 is 0 Å². The molecule has 3 aromatic rings. The molecule has 1 aliphatic rings. The van der Waals surface area contributed by atoms with E-state index in [2.05, 4.69) is 37.7 Å². The summed E-state index contributed by atoms with van der Waals surface area (Å²) >= 11 is 1.74. The maximum Gasteiger partial charge on any atom is 0.253 e. The minimum atomic E-state index is -0.0360. The summed E-state index contributed by atoms with van der Waals surface area (Å²) in [5.74, 6) is -0.0360. The molecule has 0 spiro atoms. The van der Waals surface area contributed by atoms with Gasteiger partial charge in [0.05, 0.1) is 21.5 Å². The number of piperidine rings is 1. The predicted molar refractivity (Wildman–Crippen MR) is 96.6 cm³/mol. The molecule has 6 heteroatoms. The standard InChI is InChI=1S/C18H18N4OS/c23-18(13-2-1-7-19-12-13)21-14-4-9-22(10-5-14)16-3-8-20-15-6-11-24-17(15)16/h1-3,6-8,11-12,14H,4-5,9-10H2,(H,21,23). The average Bonchev–Trinajstić information content (AvgIpc) is 3.12. The van der Waals surface area contributed by atoms with E-state index in [0.717, 1.165) is 31.4 Å². The highest BCUT2D eigenvalue weighted by Gasteiger charge is 2.22. The molecule has 0 aliphatic carbocycles. The molecule has 4 rings (SSSR count). The van der Waals surface area contributed by atoms with Gasteiger partial charge in [-0.2, -0.15) is 0 Å². The Morgan fingerprint density at radius 1 is 1.21 bits per heavy atom. The zero-order valence-electron chi connectivity index (χ0n) is 13.2. The van der Waals surface area contributed by atoms with Gasteiger partial charge in [0.2, 0.25) is 0 Å². The molecule has 3 aromatic heterocycles. The lowest BCUT2D eigenvalue weighted by Gasteiger charge is -2.34. The van der Waals surface area contributed by atoms with Crippen LogP contribution in [0.2, 0.25) is 0 Å². The molecule has 0 radical (unpaired) electrons. The van der Waals surface area contributed by atoms with Crippen LogP contribution in [-0.4, -0.2) is 35.0 Å². The second-order valence-corrected chi connectivity index (χ2v) is 6.86. The fraction of sp³-hybridized carbons (Fsp3) is 0.278. The highest BCUT2D eigenvalue weighted by Crippen LogP contribution is 2.31. The smallest absolute Gasteiger partial charge is 0.253 e. The van der Waals surface area contributed by atoms with Gasteiger partial charge in [-0.3, -0.25) is 14.8 Å². The van der Waals surface area contributed by atoms with E-state index in [1.807, 2.05) is 6.20 Å². The Morgan fingerprint density at radius 3 is 2.88 bits per heavy atom. The summed E-state index contributed by atoms with van der Waals surface area (Å²) < 4.78 is 1.25. The van der Waals surface area contributed by atoms with Crippen molar-refractivity contribution in [1.29, 1.82) is 0 Å². The second kappa shape index (κ2) is 6.57. The average molecular weight is 338 g/mol. The minimum absolute atomic E-state index is 0.0360. The first kappa shape index (κ1) is 15.1. The first-order valence-electron chi connectivity index (χ1n) is 8.09. The van der Waals surface area contributed by atoms with E-state index in [1.54, 1.807) is 35.9 Å². The van der Waals surface area contributed by atoms with Crippen LogP contribution in [0.5, 0.6) is 0 Å². The largest absolute Gasteiger partial charge is 0.370 e. The van der Waals surface area contributed by atoms with Gasteiger partial charge in [-0.05, 0) is 42.5 Å². The van der Waals surface area contributed by atoms with Gasteiger partial charge >= 0.3 is 0 Å². The van der Waals surface area contributed by atoms with Crippen molar-refractivity contribution in [3.05, 3.63) is 53.8 Å². The summed E-state index contributed by atoms with van der Waals surface area (Å²) in [6.45, 7) is 1.88. The lowest BCUT2D eigenvalue weighted by molar-refractivity contribution is 0.0931. The summed E-state index contributed by atoms with van der Waals surface area (Å²) in [4.78, 5) is 23.0. The number of amides is 1. The monoisotopic (exact) mass is 338 g/mol. The third kappa shape index (κ3) is 2.97. The van der Waals surface area contributed by atoms with E-state index in [4.69, 9.17) is 0 Å². The number of hydrogen-bond donors (Lipinski definition) is 1. The van der Waals surface area contributed by atoms with Crippen molar-refractivity contribution < 1.29 is 4.79 Å². The molecule has 0 bridgehead atoms. The van der Waals surface area contributed by atoms with Crippen LogP contribution >= 0.6 is 11.3 Å². The third-order valence-corrected chi connectivity index (χ3v) is 5.34. The zero-order valence-corrected chi connectivity index (χ0v) is 14.0. The van der Waals surface area contributed by atoms with Gasteiger partial charge in [-0.1, -0.05) is 0 Å². The van der Waals surface area contributed by atoms with Gasteiger partial charge in [0.1, 0.15) is 0 Å². The molecule has 1 fully saturated rings. The van der Waals surface area contributed by atoms with Crippen molar-refractivity contribution in [2.45, 2.75) is 18.9 Å². The van der Waals surface area contributed by atoms with Crippen LogP contribution in [0.3, 0.4) is 0 Å². The second-order valence-electron chi connectivity index (χ2n) is 5.94. The number of rotatable bonds is 3. The van der Waals surface area contributed by atoms with E-state index in [9.17, 15) is 4.79 Å². The van der Waals surface area contributed by atoms with Gasteiger partial charge in [-0.15, -0.1) is 11.3 Å². The molecule has 24 heavy (non-hydrogen) atoms. The van der Waals surface area contributed by atoms with Gasteiger partial charge in [0.15, 0.2) is 0 Å². The Hall–Kier alpha value is -2.47. The number of thiophene rings is 1. The van der Waals surface area contributed by atoms with Crippen molar-refractivity contribution in [3.8, 4) is 0 Å². The molecule has 1 N–H and O–H groups in total. The maximum atomic E-state index is 12.2. The van der Waals surface area contributed by atoms with Crippen LogP contribution in [0.4, 0.5) is 5.69 Å². The molecule has 1 aliphatic heterocycles. The zero-order chi connectivity index (χ0) is 16.4. The van der Waals surface area contributed by atoms with Crippen molar-refractivity contribution in [2.75, 3.05) is 18.0 Å². The Balaban J connectivity index is 1.40. The number of carbonyl (C=O) groups excluding carboxylic acids is 1. The molecule has 0 atom stereocenters. The number of anilines is 1. The van der Waals surface area contributed by atoms with Crippen LogP contribution in [0.1, 0.15) is 23.2 Å². The van der Waals surface area contributed by atoms with Crippen LogP contribution in [0, 0.1) is 0 Å². The first-order valence-corrected chi connectivity index (χ1v) is 8.97. The normalized spacial score (nSPS) is 15.6. The van der Waals surface area contributed by atoms with Crippen molar-refractivity contribution in [3.63, 3.8) is 0 Å². The van der Waals surface area contributed by atoms with Gasteiger partial charge in [-0.25, -0.2) is 0 Å². The molecule has 122 valence electrons. The Kier molecular flexibility index (Phi) is 4.13. The highest BCUT2D eigenvalue weighted by molar-refractivity contribution is 7.17. The Labute approximate surface area is 144 Å². The van der Waals surface area contributed by atoms with Crippen molar-refractivity contribution in [1.82, 2.24) is 15.3 Å². The number of aromatic nitrogens is 2. The molecule has 0 aromatic carbocycles. The predicted octanol–water partition coefficient (Wildman–Crippen LogP) is 3.09. The first-order chi connectivity index (χ1) is 11.8. The molecular weight excluding hydrogens is 320 g/mol. The topological polar surface area (TPSA) is 58.1 Å². The number of carbonyl (C=O) groups is 1. The number of hydrogen-bond acceptors (Lipinski definition) is 5. The molecule has 0 saturated carbocycles.